The van der Waals surface area contributed by atoms with Crippen LogP contribution in [-0.2, 0) is 18.5 Å². The molecule has 2 aliphatic rings. The fourth-order valence-corrected chi connectivity index (χ4v) is 5.72. The molecule has 0 aromatic heterocycles. The molecular weight excluding hydrogens is 392 g/mol. The minimum absolute atomic E-state index is 0.269. The maximum absolute atomic E-state index is 14.0. The van der Waals surface area contributed by atoms with Crippen molar-refractivity contribution in [2.75, 3.05) is 26.2 Å². The van der Waals surface area contributed by atoms with Gasteiger partial charge in [0.25, 0.3) is 0 Å². The second-order valence-electron chi connectivity index (χ2n) is 9.65. The minimum Gasteiger partial charge on any atom is -0.297 e. The molecule has 0 spiro atoms. The summed E-state index contributed by atoms with van der Waals surface area (Å²) in [6.07, 6.45) is 0.767. The van der Waals surface area contributed by atoms with Gasteiger partial charge >= 0.3 is 0 Å². The van der Waals surface area contributed by atoms with Crippen molar-refractivity contribution in [1.29, 1.82) is 0 Å². The van der Waals surface area contributed by atoms with Gasteiger partial charge in [-0.2, -0.15) is 0 Å². The number of rotatable bonds is 4. The Hall–Kier alpha value is -2.75. The predicted octanol–water partition coefficient (Wildman–Crippen LogP) is 5.06. The van der Waals surface area contributed by atoms with Crippen molar-refractivity contribution >= 4 is 5.78 Å². The molecule has 3 aromatic carbocycles. The van der Waals surface area contributed by atoms with E-state index in [1.165, 1.54) is 27.8 Å². The third kappa shape index (κ3) is 3.70. The third-order valence-electron chi connectivity index (χ3n) is 7.18. The summed E-state index contributed by atoms with van der Waals surface area (Å²) in [5, 5.41) is 0. The predicted molar refractivity (Wildman–Crippen MR) is 130 cm³/mol. The van der Waals surface area contributed by atoms with Gasteiger partial charge in [0.2, 0.25) is 0 Å². The van der Waals surface area contributed by atoms with Gasteiger partial charge < -0.3 is 0 Å². The Morgan fingerprint density at radius 3 is 2.19 bits per heavy atom. The van der Waals surface area contributed by atoms with Crippen LogP contribution < -0.4 is 0 Å². The standard InChI is InChI=1S/C29H32N2O/c1-21-7-6-8-24(16-21)20-30-11-13-31(14-12-30)29(26-17-22(2)15-23(3)18-26)19-25-9-4-5-10-27(25)28(29)32/h4-10,15-18H,11-14,19-20H2,1-3H3. The number of nitrogens with zero attached hydrogens (tertiary/aromatic N) is 2. The molecule has 3 heteroatoms. The van der Waals surface area contributed by atoms with Gasteiger partial charge in [-0.15, -0.1) is 0 Å². The number of benzene rings is 3. The molecule has 3 aromatic rings. The highest BCUT2D eigenvalue weighted by Gasteiger charge is 2.51. The molecule has 1 saturated heterocycles. The Kier molecular flexibility index (Phi) is 5.48. The second kappa shape index (κ2) is 8.31. The zero-order valence-electron chi connectivity index (χ0n) is 19.4. The van der Waals surface area contributed by atoms with E-state index in [4.69, 9.17) is 0 Å². The fraction of sp³-hybridized carbons (Fsp3) is 0.345. The van der Waals surface area contributed by atoms with Crippen molar-refractivity contribution in [2.24, 2.45) is 0 Å². The molecule has 0 saturated carbocycles. The summed E-state index contributed by atoms with van der Waals surface area (Å²) in [5.74, 6) is 0.269. The summed E-state index contributed by atoms with van der Waals surface area (Å²) in [7, 11) is 0. The Morgan fingerprint density at radius 1 is 0.781 bits per heavy atom. The smallest absolute Gasteiger partial charge is 0.188 e. The van der Waals surface area contributed by atoms with Gasteiger partial charge in [0.05, 0.1) is 0 Å². The highest BCUT2D eigenvalue weighted by atomic mass is 16.1. The molecule has 0 N–H and O–H groups in total. The molecule has 32 heavy (non-hydrogen) atoms. The summed E-state index contributed by atoms with van der Waals surface area (Å²) in [5.41, 5.74) is 7.77. The molecule has 3 nitrogen and oxygen atoms in total. The van der Waals surface area contributed by atoms with Gasteiger partial charge in [0.15, 0.2) is 5.78 Å². The van der Waals surface area contributed by atoms with E-state index in [2.05, 4.69) is 85.2 Å². The maximum atomic E-state index is 14.0. The van der Waals surface area contributed by atoms with E-state index >= 15 is 0 Å². The third-order valence-corrected chi connectivity index (χ3v) is 7.18. The number of hydrogen-bond donors (Lipinski definition) is 0. The zero-order chi connectivity index (χ0) is 22.3. The van der Waals surface area contributed by atoms with Gasteiger partial charge in [-0.3, -0.25) is 14.6 Å². The van der Waals surface area contributed by atoms with Crippen LogP contribution in [0.1, 0.15) is 43.7 Å². The lowest BCUT2D eigenvalue weighted by atomic mass is 9.82. The molecule has 1 unspecified atom stereocenters. The molecule has 164 valence electrons. The quantitative estimate of drug-likeness (QED) is 0.585. The van der Waals surface area contributed by atoms with Crippen molar-refractivity contribution in [1.82, 2.24) is 9.80 Å². The summed E-state index contributed by atoms with van der Waals surface area (Å²) in [6, 6.07) is 23.6. The van der Waals surface area contributed by atoms with Crippen molar-refractivity contribution in [2.45, 2.75) is 39.3 Å². The average Bonchev–Trinajstić information content (AvgIpc) is 3.07. The first-order valence-corrected chi connectivity index (χ1v) is 11.7. The monoisotopic (exact) mass is 424 g/mol. The van der Waals surface area contributed by atoms with E-state index in [0.29, 0.717) is 0 Å². The van der Waals surface area contributed by atoms with E-state index in [9.17, 15) is 4.79 Å². The van der Waals surface area contributed by atoms with Gasteiger partial charge in [-0.1, -0.05) is 83.4 Å². The number of aryl methyl sites for hydroxylation is 3. The Labute approximate surface area is 191 Å². The van der Waals surface area contributed by atoms with Crippen LogP contribution in [0.3, 0.4) is 0 Å². The number of carbonyl (C=O) groups excluding carboxylic acids is 1. The summed E-state index contributed by atoms with van der Waals surface area (Å²) in [4.78, 5) is 19.0. The molecule has 0 radical (unpaired) electrons. The number of hydrogen-bond acceptors (Lipinski definition) is 3. The molecule has 5 rings (SSSR count). The second-order valence-corrected chi connectivity index (χ2v) is 9.65. The Balaban J connectivity index is 1.45. The lowest BCUT2D eigenvalue weighted by Crippen LogP contribution is -2.58. The van der Waals surface area contributed by atoms with Crippen LogP contribution in [0.15, 0.2) is 66.7 Å². The normalized spacial score (nSPS) is 21.7. The Morgan fingerprint density at radius 2 is 1.50 bits per heavy atom. The van der Waals surface area contributed by atoms with E-state index in [1.54, 1.807) is 0 Å². The van der Waals surface area contributed by atoms with Crippen LogP contribution in [0.25, 0.3) is 0 Å². The molecule has 0 bridgehead atoms. The van der Waals surface area contributed by atoms with Crippen LogP contribution in [0, 0.1) is 20.8 Å². The van der Waals surface area contributed by atoms with Crippen LogP contribution in [0.2, 0.25) is 0 Å². The topological polar surface area (TPSA) is 23.6 Å². The average molecular weight is 425 g/mol. The molecular formula is C29H32N2O. The molecule has 1 aliphatic carbocycles. The lowest BCUT2D eigenvalue weighted by molar-refractivity contribution is 0.0288. The number of piperazine rings is 1. The minimum atomic E-state index is -0.587. The molecule has 1 aliphatic heterocycles. The first kappa shape index (κ1) is 21.1. The summed E-state index contributed by atoms with van der Waals surface area (Å²) < 4.78 is 0. The van der Waals surface area contributed by atoms with Gasteiger partial charge in [0.1, 0.15) is 5.54 Å². The molecule has 1 fully saturated rings. The largest absolute Gasteiger partial charge is 0.297 e. The van der Waals surface area contributed by atoms with Crippen molar-refractivity contribution < 1.29 is 4.79 Å². The van der Waals surface area contributed by atoms with Crippen LogP contribution in [-0.4, -0.2) is 41.8 Å². The van der Waals surface area contributed by atoms with Crippen LogP contribution >= 0.6 is 0 Å². The summed E-state index contributed by atoms with van der Waals surface area (Å²) >= 11 is 0. The van der Waals surface area contributed by atoms with Crippen molar-refractivity contribution in [3.8, 4) is 0 Å². The highest BCUT2D eigenvalue weighted by molar-refractivity contribution is 6.08. The summed E-state index contributed by atoms with van der Waals surface area (Å²) in [6.45, 7) is 11.1. The van der Waals surface area contributed by atoms with Gasteiger partial charge in [-0.05, 0) is 37.5 Å². The molecule has 0 amide bonds. The first-order valence-electron chi connectivity index (χ1n) is 11.7. The van der Waals surface area contributed by atoms with Crippen molar-refractivity contribution in [3.05, 3.63) is 106 Å². The highest BCUT2D eigenvalue weighted by Crippen LogP contribution is 2.43. The molecule has 1 atom stereocenters. The van der Waals surface area contributed by atoms with E-state index in [1.807, 2.05) is 12.1 Å². The molecule has 1 heterocycles. The van der Waals surface area contributed by atoms with Crippen molar-refractivity contribution in [3.63, 3.8) is 0 Å². The number of ketones is 1. The number of carbonyl (C=O) groups is 1. The van der Waals surface area contributed by atoms with E-state index < -0.39 is 5.54 Å². The number of fused-ring (bicyclic) bond motifs is 1. The van der Waals surface area contributed by atoms with Crippen LogP contribution in [0.4, 0.5) is 0 Å². The number of Topliss-reactive ketones (excluding diaryl/α,β-unsaturated/α-hetero) is 1. The fourth-order valence-electron chi connectivity index (χ4n) is 5.72. The first-order chi connectivity index (χ1) is 15.5. The lowest BCUT2D eigenvalue weighted by Gasteiger charge is -2.45. The SMILES string of the molecule is Cc1cccc(CN2CCN(C3(c4cc(C)cc(C)c4)Cc4ccccc4C3=O)CC2)c1. The van der Waals surface area contributed by atoms with Crippen LogP contribution in [0.5, 0.6) is 0 Å². The van der Waals surface area contributed by atoms with Gasteiger partial charge in [0, 0.05) is 44.7 Å². The Bertz CT molecular complexity index is 1140. The van der Waals surface area contributed by atoms with Gasteiger partial charge in [-0.25, -0.2) is 0 Å². The zero-order valence-corrected chi connectivity index (χ0v) is 19.4. The maximum Gasteiger partial charge on any atom is 0.188 e. The van der Waals surface area contributed by atoms with E-state index in [0.717, 1.165) is 50.3 Å². The van der Waals surface area contributed by atoms with E-state index in [-0.39, 0.29) is 5.78 Å².